The van der Waals surface area contributed by atoms with Gasteiger partial charge in [-0.2, -0.15) is 0 Å². The van der Waals surface area contributed by atoms with Gasteiger partial charge in [0.1, 0.15) is 12.4 Å². The number of aryl methyl sites for hydroxylation is 1. The van der Waals surface area contributed by atoms with Crippen LogP contribution in [0.4, 0.5) is 0 Å². The largest absolute Gasteiger partial charge is 0.463 e. The summed E-state index contributed by atoms with van der Waals surface area (Å²) < 4.78 is 14.1. The summed E-state index contributed by atoms with van der Waals surface area (Å²) >= 11 is 0. The summed E-state index contributed by atoms with van der Waals surface area (Å²) in [4.78, 5) is 24.5. The molecule has 0 unspecified atom stereocenters. The van der Waals surface area contributed by atoms with Crippen molar-refractivity contribution in [1.29, 1.82) is 0 Å². The molecule has 0 aliphatic heterocycles. The Morgan fingerprint density at radius 1 is 1.25 bits per heavy atom. The molecule has 6 heteroatoms. The molecule has 1 atom stereocenters. The highest BCUT2D eigenvalue weighted by molar-refractivity contribution is 5.80. The first-order valence-electron chi connectivity index (χ1n) is 8.02. The van der Waals surface area contributed by atoms with Gasteiger partial charge in [0.15, 0.2) is 6.54 Å². The van der Waals surface area contributed by atoms with Gasteiger partial charge >= 0.3 is 11.9 Å². The minimum Gasteiger partial charge on any atom is -0.463 e. The zero-order valence-electron chi connectivity index (χ0n) is 14.1. The van der Waals surface area contributed by atoms with Crippen molar-refractivity contribution in [2.24, 2.45) is 7.05 Å². The smallest absolute Gasteiger partial charge is 0.352 e. The van der Waals surface area contributed by atoms with Gasteiger partial charge in [-0.1, -0.05) is 43.7 Å². The summed E-state index contributed by atoms with van der Waals surface area (Å²) in [7, 11) is 1.86. The lowest BCUT2D eigenvalue weighted by Gasteiger charge is -2.16. The summed E-state index contributed by atoms with van der Waals surface area (Å²) in [6.07, 6.45) is 6.01. The summed E-state index contributed by atoms with van der Waals surface area (Å²) in [5.74, 6) is -1.03. The van der Waals surface area contributed by atoms with Gasteiger partial charge in [0.05, 0.1) is 13.7 Å². The van der Waals surface area contributed by atoms with Gasteiger partial charge in [0, 0.05) is 5.56 Å². The van der Waals surface area contributed by atoms with E-state index in [0.29, 0.717) is 12.2 Å². The number of ether oxygens (including phenoxy) is 2. The van der Waals surface area contributed by atoms with Gasteiger partial charge in [-0.15, -0.1) is 0 Å². The summed E-state index contributed by atoms with van der Waals surface area (Å²) in [5, 5.41) is 0. The molecule has 1 heterocycles. The first kappa shape index (κ1) is 17.7. The van der Waals surface area contributed by atoms with Crippen molar-refractivity contribution in [2.75, 3.05) is 6.61 Å². The van der Waals surface area contributed by atoms with Crippen molar-refractivity contribution in [3.05, 3.63) is 54.6 Å². The van der Waals surface area contributed by atoms with E-state index in [0.717, 1.165) is 12.8 Å². The molecular weight excluding hydrogens is 308 g/mol. The van der Waals surface area contributed by atoms with Crippen molar-refractivity contribution >= 4 is 11.9 Å². The minimum atomic E-state index is -1.04. The van der Waals surface area contributed by atoms with E-state index < -0.39 is 18.0 Å². The average Bonchev–Trinajstić information content (AvgIpc) is 2.98. The van der Waals surface area contributed by atoms with Crippen molar-refractivity contribution in [2.45, 2.75) is 32.4 Å². The second kappa shape index (κ2) is 8.86. The van der Waals surface area contributed by atoms with Crippen LogP contribution in [-0.4, -0.2) is 23.1 Å². The molecule has 24 heavy (non-hydrogen) atoms. The van der Waals surface area contributed by atoms with Crippen LogP contribution in [0, 0.1) is 0 Å². The molecule has 0 aliphatic rings. The number of carbonyl (C=O) groups is 2. The lowest BCUT2D eigenvalue weighted by Crippen LogP contribution is -2.37. The second-order valence-corrected chi connectivity index (χ2v) is 5.55. The van der Waals surface area contributed by atoms with Gasteiger partial charge in [-0.05, 0) is 6.42 Å². The van der Waals surface area contributed by atoms with Crippen LogP contribution in [0.1, 0.15) is 31.4 Å². The molecule has 0 amide bonds. The zero-order valence-corrected chi connectivity index (χ0v) is 14.1. The Kier molecular flexibility index (Phi) is 6.54. The number of unbranched alkanes of at least 4 members (excludes halogenated alkanes) is 1. The van der Waals surface area contributed by atoms with Crippen LogP contribution in [0.3, 0.4) is 0 Å². The lowest BCUT2D eigenvalue weighted by molar-refractivity contribution is -0.685. The fourth-order valence-electron chi connectivity index (χ4n) is 2.19. The monoisotopic (exact) mass is 331 g/mol. The Bertz CT molecular complexity index is 667. The highest BCUT2D eigenvalue weighted by Gasteiger charge is 2.27. The maximum absolute atomic E-state index is 12.3. The van der Waals surface area contributed by atoms with Crippen LogP contribution in [0.2, 0.25) is 0 Å². The molecule has 6 nitrogen and oxygen atoms in total. The van der Waals surface area contributed by atoms with Crippen molar-refractivity contribution in [1.82, 2.24) is 4.57 Å². The zero-order chi connectivity index (χ0) is 17.4. The topological polar surface area (TPSA) is 61.4 Å². The summed E-state index contributed by atoms with van der Waals surface area (Å²) in [6, 6.07) is 8.91. The Labute approximate surface area is 141 Å². The molecule has 0 saturated heterocycles. The molecule has 0 aliphatic carbocycles. The first-order chi connectivity index (χ1) is 11.6. The standard InChI is InChI=1S/C18H23N2O4/c1-3-4-12-23-18(22)17(15-8-6-5-7-9-15)24-16(21)13-20-11-10-19(2)14-20/h5-11,14,17H,3-4,12-13H2,1-2H3/q+1/t17-/m0/s1. The van der Waals surface area contributed by atoms with E-state index in [-0.39, 0.29) is 6.54 Å². The van der Waals surface area contributed by atoms with Crippen molar-refractivity contribution < 1.29 is 23.6 Å². The fraction of sp³-hybridized carbons (Fsp3) is 0.389. The van der Waals surface area contributed by atoms with E-state index in [9.17, 15) is 9.59 Å². The molecule has 0 radical (unpaired) electrons. The van der Waals surface area contributed by atoms with E-state index in [1.165, 1.54) is 0 Å². The van der Waals surface area contributed by atoms with E-state index in [4.69, 9.17) is 9.47 Å². The molecule has 0 N–H and O–H groups in total. The third-order valence-corrected chi connectivity index (χ3v) is 3.44. The molecule has 2 aromatic rings. The summed E-state index contributed by atoms with van der Waals surface area (Å²) in [5.41, 5.74) is 0.602. The number of rotatable bonds is 8. The Morgan fingerprint density at radius 3 is 2.62 bits per heavy atom. The van der Waals surface area contributed by atoms with Crippen molar-refractivity contribution in [3.63, 3.8) is 0 Å². The minimum absolute atomic E-state index is 0.0341. The van der Waals surface area contributed by atoms with Gasteiger partial charge in [0.2, 0.25) is 12.4 Å². The molecule has 1 aromatic heterocycles. The average molecular weight is 331 g/mol. The third kappa shape index (κ3) is 5.22. The fourth-order valence-corrected chi connectivity index (χ4v) is 2.19. The number of nitrogens with zero attached hydrogens (tertiary/aromatic N) is 2. The number of esters is 2. The molecule has 0 spiro atoms. The molecule has 1 aromatic carbocycles. The van der Waals surface area contributed by atoms with Crippen LogP contribution in [0.5, 0.6) is 0 Å². The molecule has 0 fully saturated rings. The number of imidazole rings is 1. The predicted molar refractivity (Wildman–Crippen MR) is 86.8 cm³/mol. The van der Waals surface area contributed by atoms with Crippen LogP contribution in [0.25, 0.3) is 0 Å². The number of hydrogen-bond acceptors (Lipinski definition) is 4. The van der Waals surface area contributed by atoms with E-state index in [1.54, 1.807) is 41.4 Å². The van der Waals surface area contributed by atoms with Crippen LogP contribution >= 0.6 is 0 Å². The highest BCUT2D eigenvalue weighted by atomic mass is 16.6. The Morgan fingerprint density at radius 2 is 2.00 bits per heavy atom. The molecule has 2 rings (SSSR count). The second-order valence-electron chi connectivity index (χ2n) is 5.55. The van der Waals surface area contributed by atoms with Gasteiger partial charge in [0.25, 0.3) is 0 Å². The van der Waals surface area contributed by atoms with Crippen molar-refractivity contribution in [3.8, 4) is 0 Å². The quantitative estimate of drug-likeness (QED) is 0.421. The predicted octanol–water partition coefficient (Wildman–Crippen LogP) is 1.94. The Balaban J connectivity index is 2.04. The molecule has 0 bridgehead atoms. The van der Waals surface area contributed by atoms with Gasteiger partial charge in [-0.25, -0.2) is 18.7 Å². The maximum atomic E-state index is 12.3. The normalized spacial score (nSPS) is 11.8. The van der Waals surface area contributed by atoms with Crippen LogP contribution in [0.15, 0.2) is 49.1 Å². The molecule has 0 saturated carbocycles. The first-order valence-corrected chi connectivity index (χ1v) is 8.02. The highest BCUT2D eigenvalue weighted by Crippen LogP contribution is 2.19. The molecular formula is C18H23N2O4+. The van der Waals surface area contributed by atoms with Crippen LogP contribution in [-0.2, 0) is 32.7 Å². The lowest BCUT2D eigenvalue weighted by atomic mass is 10.1. The van der Waals surface area contributed by atoms with E-state index >= 15 is 0 Å². The summed E-state index contributed by atoms with van der Waals surface area (Å²) in [6.45, 7) is 2.37. The number of hydrogen-bond donors (Lipinski definition) is 0. The molecule has 128 valence electrons. The number of benzene rings is 1. The van der Waals surface area contributed by atoms with Gasteiger partial charge < -0.3 is 9.47 Å². The van der Waals surface area contributed by atoms with E-state index in [2.05, 4.69) is 0 Å². The maximum Gasteiger partial charge on any atom is 0.352 e. The third-order valence-electron chi connectivity index (χ3n) is 3.44. The van der Waals surface area contributed by atoms with Gasteiger partial charge in [-0.3, -0.25) is 0 Å². The SMILES string of the molecule is CCCCOC(=O)[C@@H](OC(=O)C[n+]1ccn(C)c1)c1ccccc1. The van der Waals surface area contributed by atoms with E-state index in [1.807, 2.05) is 30.8 Å². The number of carbonyl (C=O) groups excluding carboxylic acids is 2. The number of aromatic nitrogens is 2. The van der Waals surface area contributed by atoms with Crippen LogP contribution < -0.4 is 4.57 Å². The Hall–Kier alpha value is -2.63.